The van der Waals surface area contributed by atoms with Gasteiger partial charge in [-0.25, -0.2) is 0 Å². The number of nitrogens with zero attached hydrogens (tertiary/aromatic N) is 2. The van der Waals surface area contributed by atoms with E-state index in [1.54, 1.807) is 7.11 Å². The second-order valence-electron chi connectivity index (χ2n) is 4.11. The van der Waals surface area contributed by atoms with Crippen LogP contribution in [0.15, 0.2) is 6.07 Å². The van der Waals surface area contributed by atoms with Gasteiger partial charge in [-0.1, -0.05) is 0 Å². The highest BCUT2D eigenvalue weighted by atomic mass is 35.5. The number of alkyl halides is 1. The molecule has 1 aromatic rings. The summed E-state index contributed by atoms with van der Waals surface area (Å²) in [7, 11) is 1.67. The molecule has 4 nitrogen and oxygen atoms in total. The normalized spacial score (nSPS) is 12.9. The zero-order valence-electron chi connectivity index (χ0n) is 10.9. The maximum atomic E-state index is 6.04. The van der Waals surface area contributed by atoms with E-state index in [2.05, 4.69) is 23.4 Å². The summed E-state index contributed by atoms with van der Waals surface area (Å²) < 4.78 is 7.01. The lowest BCUT2D eigenvalue weighted by Gasteiger charge is -2.09. The lowest BCUT2D eigenvalue weighted by Crippen LogP contribution is -2.21. The summed E-state index contributed by atoms with van der Waals surface area (Å²) in [6.45, 7) is 7.37. The number of nitrogens with one attached hydrogen (secondary N) is 1. The predicted molar refractivity (Wildman–Crippen MR) is 70.5 cm³/mol. The SMILES string of the molecule is CCn1nc(C)cc1CNCCC(Cl)COC. The first-order chi connectivity index (χ1) is 8.17. The van der Waals surface area contributed by atoms with Crippen LogP contribution in [0.5, 0.6) is 0 Å². The van der Waals surface area contributed by atoms with E-state index in [1.807, 2.05) is 11.6 Å². The third kappa shape index (κ3) is 5.06. The lowest BCUT2D eigenvalue weighted by atomic mass is 10.3. The van der Waals surface area contributed by atoms with Crippen molar-refractivity contribution in [1.29, 1.82) is 0 Å². The fourth-order valence-electron chi connectivity index (χ4n) is 1.75. The highest BCUT2D eigenvalue weighted by Gasteiger charge is 2.05. The highest BCUT2D eigenvalue weighted by molar-refractivity contribution is 6.20. The van der Waals surface area contributed by atoms with Crippen molar-refractivity contribution in [3.05, 3.63) is 17.5 Å². The largest absolute Gasteiger partial charge is 0.383 e. The van der Waals surface area contributed by atoms with E-state index < -0.39 is 0 Å². The number of aryl methyl sites for hydroxylation is 2. The van der Waals surface area contributed by atoms with E-state index in [0.29, 0.717) is 6.61 Å². The molecule has 0 saturated carbocycles. The van der Waals surface area contributed by atoms with Crippen molar-refractivity contribution in [3.8, 4) is 0 Å². The summed E-state index contributed by atoms with van der Waals surface area (Å²) in [5.74, 6) is 0. The molecule has 1 atom stereocenters. The molecular weight excluding hydrogens is 238 g/mol. The third-order valence-electron chi connectivity index (χ3n) is 2.57. The predicted octanol–water partition coefficient (Wildman–Crippen LogP) is 1.94. The molecule has 0 spiro atoms. The monoisotopic (exact) mass is 259 g/mol. The van der Waals surface area contributed by atoms with Gasteiger partial charge < -0.3 is 10.1 Å². The summed E-state index contributed by atoms with van der Waals surface area (Å²) in [6.07, 6.45) is 0.911. The van der Waals surface area contributed by atoms with Crippen molar-refractivity contribution in [2.75, 3.05) is 20.3 Å². The molecule has 1 unspecified atom stereocenters. The van der Waals surface area contributed by atoms with Gasteiger partial charge in [0.1, 0.15) is 0 Å². The summed E-state index contributed by atoms with van der Waals surface area (Å²) >= 11 is 6.04. The Morgan fingerprint density at radius 1 is 1.59 bits per heavy atom. The Hall–Kier alpha value is -0.580. The highest BCUT2D eigenvalue weighted by Crippen LogP contribution is 2.04. The molecule has 0 aliphatic carbocycles. The number of rotatable bonds is 8. The van der Waals surface area contributed by atoms with E-state index in [0.717, 1.165) is 31.7 Å². The third-order valence-corrected chi connectivity index (χ3v) is 2.92. The van der Waals surface area contributed by atoms with Gasteiger partial charge in [0.05, 0.1) is 23.4 Å². The summed E-state index contributed by atoms with van der Waals surface area (Å²) in [5, 5.41) is 7.87. The fourth-order valence-corrected chi connectivity index (χ4v) is 1.99. The minimum absolute atomic E-state index is 0.0883. The molecule has 5 heteroatoms. The number of hydrogen-bond donors (Lipinski definition) is 1. The Labute approximate surface area is 108 Å². The molecule has 0 aliphatic heterocycles. The quantitative estimate of drug-likeness (QED) is 0.573. The van der Waals surface area contributed by atoms with Crippen LogP contribution in [0.4, 0.5) is 0 Å². The summed E-state index contributed by atoms with van der Waals surface area (Å²) in [6, 6.07) is 2.11. The van der Waals surface area contributed by atoms with Crippen molar-refractivity contribution in [3.63, 3.8) is 0 Å². The Bertz CT molecular complexity index is 328. The van der Waals surface area contributed by atoms with E-state index in [9.17, 15) is 0 Å². The van der Waals surface area contributed by atoms with Crippen LogP contribution < -0.4 is 5.32 Å². The van der Waals surface area contributed by atoms with Crippen molar-refractivity contribution in [2.24, 2.45) is 0 Å². The zero-order valence-corrected chi connectivity index (χ0v) is 11.6. The van der Waals surface area contributed by atoms with Gasteiger partial charge in [0.25, 0.3) is 0 Å². The first-order valence-electron chi connectivity index (χ1n) is 6.04. The van der Waals surface area contributed by atoms with Gasteiger partial charge in [-0.15, -0.1) is 11.6 Å². The van der Waals surface area contributed by atoms with Crippen molar-refractivity contribution < 1.29 is 4.74 Å². The van der Waals surface area contributed by atoms with Crippen LogP contribution >= 0.6 is 11.6 Å². The van der Waals surface area contributed by atoms with E-state index in [4.69, 9.17) is 16.3 Å². The molecule has 0 aliphatic rings. The summed E-state index contributed by atoms with van der Waals surface area (Å²) in [4.78, 5) is 0. The average Bonchev–Trinajstić information content (AvgIpc) is 2.65. The molecule has 1 N–H and O–H groups in total. The Morgan fingerprint density at radius 3 is 3.00 bits per heavy atom. The van der Waals surface area contributed by atoms with Crippen molar-refractivity contribution >= 4 is 11.6 Å². The van der Waals surface area contributed by atoms with Crippen LogP contribution in [0.1, 0.15) is 24.7 Å². The summed E-state index contributed by atoms with van der Waals surface area (Å²) in [5.41, 5.74) is 2.29. The van der Waals surface area contributed by atoms with Crippen LogP contribution in [-0.4, -0.2) is 35.4 Å². The lowest BCUT2D eigenvalue weighted by molar-refractivity contribution is 0.195. The molecule has 0 fully saturated rings. The van der Waals surface area contributed by atoms with Crippen molar-refractivity contribution in [1.82, 2.24) is 15.1 Å². The van der Waals surface area contributed by atoms with Gasteiger partial charge in [-0.3, -0.25) is 4.68 Å². The number of hydrogen-bond acceptors (Lipinski definition) is 3. The molecule has 1 heterocycles. The molecule has 0 bridgehead atoms. The second kappa shape index (κ2) is 7.69. The van der Waals surface area contributed by atoms with Gasteiger partial charge >= 0.3 is 0 Å². The maximum Gasteiger partial charge on any atom is 0.0626 e. The number of halogens is 1. The number of ether oxygens (including phenoxy) is 1. The molecule has 1 aromatic heterocycles. The second-order valence-corrected chi connectivity index (χ2v) is 4.73. The molecule has 0 radical (unpaired) electrons. The minimum Gasteiger partial charge on any atom is -0.383 e. The van der Waals surface area contributed by atoms with Crippen LogP contribution in [0.25, 0.3) is 0 Å². The minimum atomic E-state index is 0.0883. The van der Waals surface area contributed by atoms with Crippen LogP contribution in [0.3, 0.4) is 0 Å². The topological polar surface area (TPSA) is 39.1 Å². The van der Waals surface area contributed by atoms with E-state index in [1.165, 1.54) is 5.69 Å². The Balaban J connectivity index is 2.26. The first kappa shape index (κ1) is 14.5. The van der Waals surface area contributed by atoms with Crippen LogP contribution in [0, 0.1) is 6.92 Å². The fraction of sp³-hybridized carbons (Fsp3) is 0.750. The molecule has 0 amide bonds. The standard InChI is InChI=1S/C12H22ClN3O/c1-4-16-12(7-10(2)15-16)8-14-6-5-11(13)9-17-3/h7,11,14H,4-6,8-9H2,1-3H3. The van der Waals surface area contributed by atoms with Crippen LogP contribution in [-0.2, 0) is 17.8 Å². The van der Waals surface area contributed by atoms with Gasteiger partial charge in [0, 0.05) is 20.2 Å². The molecular formula is C12H22ClN3O. The Kier molecular flexibility index (Phi) is 6.55. The van der Waals surface area contributed by atoms with Crippen molar-refractivity contribution in [2.45, 2.75) is 38.7 Å². The molecule has 0 saturated heterocycles. The van der Waals surface area contributed by atoms with Gasteiger partial charge in [0.2, 0.25) is 0 Å². The smallest absolute Gasteiger partial charge is 0.0626 e. The first-order valence-corrected chi connectivity index (χ1v) is 6.48. The molecule has 0 aromatic carbocycles. The van der Waals surface area contributed by atoms with Gasteiger partial charge in [-0.05, 0) is 32.9 Å². The molecule has 98 valence electrons. The van der Waals surface area contributed by atoms with E-state index in [-0.39, 0.29) is 5.38 Å². The molecule has 1 rings (SSSR count). The maximum absolute atomic E-state index is 6.04. The van der Waals surface area contributed by atoms with Gasteiger partial charge in [0.15, 0.2) is 0 Å². The zero-order chi connectivity index (χ0) is 12.7. The average molecular weight is 260 g/mol. The van der Waals surface area contributed by atoms with E-state index >= 15 is 0 Å². The number of methoxy groups -OCH3 is 1. The molecule has 17 heavy (non-hydrogen) atoms. The number of aromatic nitrogens is 2. The Morgan fingerprint density at radius 2 is 2.35 bits per heavy atom. The van der Waals surface area contributed by atoms with Gasteiger partial charge in [-0.2, -0.15) is 5.10 Å². The van der Waals surface area contributed by atoms with Crippen LogP contribution in [0.2, 0.25) is 0 Å².